The molecular weight excluding hydrogens is 393 g/mol. The van der Waals surface area contributed by atoms with Crippen LogP contribution in [0.4, 0.5) is 18.9 Å². The molecule has 1 aromatic carbocycles. The third-order valence-corrected chi connectivity index (χ3v) is 4.05. The fourth-order valence-corrected chi connectivity index (χ4v) is 2.76. The molecule has 1 N–H and O–H groups in total. The topological polar surface area (TPSA) is 98.8 Å². The zero-order chi connectivity index (χ0) is 21.2. The summed E-state index contributed by atoms with van der Waals surface area (Å²) in [5.74, 6) is -0.817. The Bertz CT molecular complexity index is 1060. The molecule has 0 saturated carbocycles. The Morgan fingerprint density at radius 2 is 1.97 bits per heavy atom. The van der Waals surface area contributed by atoms with E-state index in [9.17, 15) is 28.1 Å². The number of carbonyl (C=O) groups is 1. The van der Waals surface area contributed by atoms with Gasteiger partial charge in [0, 0.05) is 18.8 Å². The molecule has 8 nitrogen and oxygen atoms in total. The summed E-state index contributed by atoms with van der Waals surface area (Å²) >= 11 is 0. The summed E-state index contributed by atoms with van der Waals surface area (Å²) in [6.45, 7) is 1.86. The van der Waals surface area contributed by atoms with Crippen molar-refractivity contribution in [3.63, 3.8) is 0 Å². The molecule has 0 unspecified atom stereocenters. The standard InChI is InChI=1S/C18H15F3N4O4/c1-2-14-16(24-8-7-12(25(27)28)9-15(24)23-14)17(26)22-10-11-3-5-13(6-4-11)29-18(19,20)21/h3-9H,2,10H2,1H3,(H,22,26). The number of nitro groups is 1. The van der Waals surface area contributed by atoms with Gasteiger partial charge in [0.15, 0.2) is 0 Å². The number of hydrogen-bond donors (Lipinski definition) is 1. The Kier molecular flexibility index (Phi) is 5.39. The first-order chi connectivity index (χ1) is 13.7. The lowest BCUT2D eigenvalue weighted by molar-refractivity contribution is -0.384. The number of aromatic nitrogens is 2. The summed E-state index contributed by atoms with van der Waals surface area (Å²) in [7, 11) is 0. The van der Waals surface area contributed by atoms with Crippen LogP contribution in [-0.2, 0) is 13.0 Å². The number of pyridine rings is 1. The first-order valence-electron chi connectivity index (χ1n) is 8.46. The van der Waals surface area contributed by atoms with Crippen LogP contribution in [0.2, 0.25) is 0 Å². The van der Waals surface area contributed by atoms with Gasteiger partial charge in [-0.3, -0.25) is 19.3 Å². The highest BCUT2D eigenvalue weighted by molar-refractivity contribution is 5.94. The number of aryl methyl sites for hydroxylation is 1. The van der Waals surface area contributed by atoms with Crippen molar-refractivity contribution < 1.29 is 27.6 Å². The van der Waals surface area contributed by atoms with Crippen LogP contribution in [0.5, 0.6) is 5.75 Å². The summed E-state index contributed by atoms with van der Waals surface area (Å²) in [6.07, 6.45) is -2.94. The first kappa shape index (κ1) is 20.1. The Morgan fingerprint density at radius 1 is 1.28 bits per heavy atom. The minimum atomic E-state index is -4.77. The number of hydrogen-bond acceptors (Lipinski definition) is 5. The van der Waals surface area contributed by atoms with E-state index < -0.39 is 17.2 Å². The molecule has 152 valence electrons. The minimum absolute atomic E-state index is 0.0640. The highest BCUT2D eigenvalue weighted by Crippen LogP contribution is 2.23. The highest BCUT2D eigenvalue weighted by atomic mass is 19.4. The second kappa shape index (κ2) is 7.78. The Morgan fingerprint density at radius 3 is 2.55 bits per heavy atom. The number of amides is 1. The number of nitrogens with one attached hydrogen (secondary N) is 1. The smallest absolute Gasteiger partial charge is 0.406 e. The van der Waals surface area contributed by atoms with Crippen molar-refractivity contribution in [1.82, 2.24) is 14.7 Å². The van der Waals surface area contributed by atoms with E-state index in [1.54, 1.807) is 6.92 Å². The van der Waals surface area contributed by atoms with Crippen molar-refractivity contribution in [2.75, 3.05) is 0 Å². The number of nitrogens with zero attached hydrogens (tertiary/aromatic N) is 3. The van der Waals surface area contributed by atoms with Gasteiger partial charge in [-0.15, -0.1) is 13.2 Å². The van der Waals surface area contributed by atoms with Crippen LogP contribution in [0.1, 0.15) is 28.7 Å². The van der Waals surface area contributed by atoms with E-state index in [2.05, 4.69) is 15.0 Å². The SMILES string of the molecule is CCc1nc2cc([N+](=O)[O-])ccn2c1C(=O)NCc1ccc(OC(F)(F)F)cc1. The zero-order valence-corrected chi connectivity index (χ0v) is 15.1. The maximum absolute atomic E-state index is 12.7. The van der Waals surface area contributed by atoms with Crippen LogP contribution in [0.3, 0.4) is 0 Å². The molecule has 0 bridgehead atoms. The van der Waals surface area contributed by atoms with Gasteiger partial charge in [0.1, 0.15) is 17.1 Å². The molecule has 0 radical (unpaired) electrons. The van der Waals surface area contributed by atoms with E-state index in [-0.39, 0.29) is 29.3 Å². The third kappa shape index (κ3) is 4.62. The van der Waals surface area contributed by atoms with E-state index >= 15 is 0 Å². The van der Waals surface area contributed by atoms with E-state index in [0.717, 1.165) is 12.1 Å². The molecule has 3 rings (SSSR count). The fourth-order valence-electron chi connectivity index (χ4n) is 2.76. The highest BCUT2D eigenvalue weighted by Gasteiger charge is 2.31. The molecule has 0 atom stereocenters. The average molecular weight is 408 g/mol. The van der Waals surface area contributed by atoms with Crippen LogP contribution >= 0.6 is 0 Å². The molecule has 1 amide bonds. The second-order valence-electron chi connectivity index (χ2n) is 6.01. The molecule has 3 aromatic rings. The molecule has 0 spiro atoms. The monoisotopic (exact) mass is 408 g/mol. The van der Waals surface area contributed by atoms with Crippen LogP contribution in [0, 0.1) is 10.1 Å². The van der Waals surface area contributed by atoms with Crippen molar-refractivity contribution in [3.8, 4) is 5.75 Å². The van der Waals surface area contributed by atoms with Crippen molar-refractivity contribution >= 4 is 17.2 Å². The maximum Gasteiger partial charge on any atom is 0.573 e. The van der Waals surface area contributed by atoms with Crippen molar-refractivity contribution in [2.24, 2.45) is 0 Å². The fraction of sp³-hybridized carbons (Fsp3) is 0.222. The Hall–Kier alpha value is -3.63. The van der Waals surface area contributed by atoms with Gasteiger partial charge in [0.05, 0.1) is 16.7 Å². The predicted molar refractivity (Wildman–Crippen MR) is 95.5 cm³/mol. The molecule has 2 aromatic heterocycles. The number of benzene rings is 1. The molecule has 0 aliphatic heterocycles. The first-order valence-corrected chi connectivity index (χ1v) is 8.46. The van der Waals surface area contributed by atoms with Crippen LogP contribution in [0.15, 0.2) is 42.6 Å². The van der Waals surface area contributed by atoms with Crippen molar-refractivity contribution in [1.29, 1.82) is 0 Å². The largest absolute Gasteiger partial charge is 0.573 e. The molecule has 2 heterocycles. The summed E-state index contributed by atoms with van der Waals surface area (Å²) in [5, 5.41) is 13.6. The van der Waals surface area contributed by atoms with Crippen LogP contribution in [0.25, 0.3) is 5.65 Å². The molecule has 0 aliphatic rings. The molecule has 11 heteroatoms. The zero-order valence-electron chi connectivity index (χ0n) is 15.1. The lowest BCUT2D eigenvalue weighted by atomic mass is 10.2. The van der Waals surface area contributed by atoms with Gasteiger partial charge in [-0.1, -0.05) is 19.1 Å². The average Bonchev–Trinajstić information content (AvgIpc) is 3.03. The van der Waals surface area contributed by atoms with E-state index in [0.29, 0.717) is 17.7 Å². The van der Waals surface area contributed by atoms with Crippen LogP contribution < -0.4 is 10.1 Å². The number of ether oxygens (including phenoxy) is 1. The number of carbonyl (C=O) groups excluding carboxylic acids is 1. The van der Waals surface area contributed by atoms with Gasteiger partial charge in [-0.2, -0.15) is 0 Å². The minimum Gasteiger partial charge on any atom is -0.406 e. The third-order valence-electron chi connectivity index (χ3n) is 4.05. The van der Waals surface area contributed by atoms with Gasteiger partial charge in [-0.25, -0.2) is 4.98 Å². The van der Waals surface area contributed by atoms with E-state index in [4.69, 9.17) is 0 Å². The van der Waals surface area contributed by atoms with E-state index in [1.807, 2.05) is 0 Å². The number of fused-ring (bicyclic) bond motifs is 1. The molecule has 0 aliphatic carbocycles. The second-order valence-corrected chi connectivity index (χ2v) is 6.01. The predicted octanol–water partition coefficient (Wildman–Crippen LogP) is 3.63. The maximum atomic E-state index is 12.7. The van der Waals surface area contributed by atoms with Gasteiger partial charge >= 0.3 is 6.36 Å². The Labute approximate surface area is 162 Å². The lowest BCUT2D eigenvalue weighted by Gasteiger charge is -2.10. The summed E-state index contributed by atoms with van der Waals surface area (Å²) in [6, 6.07) is 7.65. The van der Waals surface area contributed by atoms with Gasteiger partial charge in [0.2, 0.25) is 0 Å². The van der Waals surface area contributed by atoms with Gasteiger partial charge in [-0.05, 0) is 24.1 Å². The van der Waals surface area contributed by atoms with Gasteiger partial charge in [0.25, 0.3) is 11.6 Å². The van der Waals surface area contributed by atoms with Gasteiger partial charge < -0.3 is 10.1 Å². The molecule has 0 fully saturated rings. The summed E-state index contributed by atoms with van der Waals surface area (Å²) < 4.78 is 41.8. The quantitative estimate of drug-likeness (QED) is 0.496. The Balaban J connectivity index is 1.77. The van der Waals surface area contributed by atoms with Crippen molar-refractivity contribution in [3.05, 3.63) is 69.7 Å². The summed E-state index contributed by atoms with van der Waals surface area (Å²) in [5.41, 5.74) is 1.41. The molecule has 29 heavy (non-hydrogen) atoms. The number of alkyl halides is 3. The number of halogens is 3. The molecule has 0 saturated heterocycles. The molecular formula is C18H15F3N4O4. The van der Waals surface area contributed by atoms with Crippen molar-refractivity contribution in [2.45, 2.75) is 26.3 Å². The normalized spacial score (nSPS) is 11.4. The number of imidazole rings is 1. The van der Waals surface area contributed by atoms with Crippen LogP contribution in [-0.4, -0.2) is 26.6 Å². The van der Waals surface area contributed by atoms with E-state index in [1.165, 1.54) is 34.9 Å². The summed E-state index contributed by atoms with van der Waals surface area (Å²) in [4.78, 5) is 27.3. The lowest BCUT2D eigenvalue weighted by Crippen LogP contribution is -2.25. The number of rotatable bonds is 6.